The molecule has 0 aromatic carbocycles. The lowest BCUT2D eigenvalue weighted by Crippen LogP contribution is -2.41. The van der Waals surface area contributed by atoms with Crippen molar-refractivity contribution >= 4 is 22.6 Å². The highest BCUT2D eigenvalue weighted by molar-refractivity contribution is 7.89. The van der Waals surface area contributed by atoms with Crippen LogP contribution in [0.4, 0.5) is 4.39 Å². The highest BCUT2D eigenvalue weighted by Crippen LogP contribution is 2.36. The number of hydrogen-bond acceptors (Lipinski definition) is 5. The van der Waals surface area contributed by atoms with Crippen molar-refractivity contribution in [2.24, 2.45) is 5.14 Å². The molecule has 0 amide bonds. The van der Waals surface area contributed by atoms with Gasteiger partial charge in [0.1, 0.15) is 0 Å². The van der Waals surface area contributed by atoms with Gasteiger partial charge in [0, 0.05) is 5.46 Å². The molecule has 0 aliphatic carbocycles. The summed E-state index contributed by atoms with van der Waals surface area (Å²) in [5, 5.41) is 4.36. The minimum Gasteiger partial charge on any atom is -0.399 e. The molecule has 1 aromatic heterocycles. The van der Waals surface area contributed by atoms with Crippen LogP contribution in [-0.4, -0.2) is 31.7 Å². The molecule has 2 heterocycles. The predicted octanol–water partition coefficient (Wildman–Crippen LogP) is 0.167. The molecule has 1 saturated heterocycles. The number of rotatable bonds is 2. The van der Waals surface area contributed by atoms with Gasteiger partial charge >= 0.3 is 7.12 Å². The Bertz CT molecular complexity index is 632. The molecule has 0 unspecified atom stereocenters. The second-order valence-corrected chi connectivity index (χ2v) is 7.17. The van der Waals surface area contributed by atoms with E-state index in [9.17, 15) is 12.8 Å². The molecule has 2 rings (SSSR count). The van der Waals surface area contributed by atoms with Gasteiger partial charge in [0.15, 0.2) is 5.03 Å². The van der Waals surface area contributed by atoms with E-state index in [0.717, 1.165) is 6.07 Å². The summed E-state index contributed by atoms with van der Waals surface area (Å²) in [5.41, 5.74) is -1.21. The fourth-order valence-electron chi connectivity index (χ4n) is 1.73. The number of primary sulfonamides is 1. The Kier molecular flexibility index (Phi) is 3.45. The van der Waals surface area contributed by atoms with Crippen LogP contribution >= 0.6 is 0 Å². The summed E-state index contributed by atoms with van der Waals surface area (Å²) in [4.78, 5) is 3.34. The van der Waals surface area contributed by atoms with Gasteiger partial charge in [-0.1, -0.05) is 6.07 Å². The van der Waals surface area contributed by atoms with Crippen LogP contribution in [0, 0.1) is 5.95 Å². The monoisotopic (exact) mass is 302 g/mol. The van der Waals surface area contributed by atoms with E-state index in [0.29, 0.717) is 0 Å². The van der Waals surface area contributed by atoms with Gasteiger partial charge in [-0.15, -0.1) is 0 Å². The van der Waals surface area contributed by atoms with Gasteiger partial charge in [-0.05, 0) is 33.8 Å². The maximum Gasteiger partial charge on any atom is 0.499 e. The highest BCUT2D eigenvalue weighted by atomic mass is 32.2. The number of halogens is 1. The average molecular weight is 302 g/mol. The number of pyridine rings is 1. The standard InChI is InChI=1S/C11H16BFN2O4S/c1-10(2)11(3,4)19-12(18-10)7-5-6-8(15-9(7)13)20(14,16)17/h5-6H,1-4H3,(H2,14,16,17). The van der Waals surface area contributed by atoms with Crippen molar-refractivity contribution in [3.05, 3.63) is 18.1 Å². The first-order valence-corrected chi connectivity index (χ1v) is 7.53. The molecule has 0 bridgehead atoms. The molecule has 1 fully saturated rings. The molecule has 0 saturated carbocycles. The summed E-state index contributed by atoms with van der Waals surface area (Å²) in [6.07, 6.45) is 0. The van der Waals surface area contributed by atoms with Crippen molar-refractivity contribution in [1.29, 1.82) is 0 Å². The van der Waals surface area contributed by atoms with Crippen molar-refractivity contribution in [3.63, 3.8) is 0 Å². The zero-order valence-electron chi connectivity index (χ0n) is 11.7. The molecular weight excluding hydrogens is 286 g/mol. The highest BCUT2D eigenvalue weighted by Gasteiger charge is 2.52. The number of nitrogens with two attached hydrogens (primary N) is 1. The minimum atomic E-state index is -4.04. The summed E-state index contributed by atoms with van der Waals surface area (Å²) < 4.78 is 47.5. The van der Waals surface area contributed by atoms with E-state index in [1.165, 1.54) is 6.07 Å². The van der Waals surface area contributed by atoms with Crippen molar-refractivity contribution in [2.75, 3.05) is 0 Å². The predicted molar refractivity (Wildman–Crippen MR) is 71.3 cm³/mol. The normalized spacial score (nSPS) is 21.2. The topological polar surface area (TPSA) is 91.5 Å². The molecule has 110 valence electrons. The van der Waals surface area contributed by atoms with Crippen LogP contribution in [0.25, 0.3) is 0 Å². The van der Waals surface area contributed by atoms with Crippen molar-refractivity contribution in [3.8, 4) is 0 Å². The fourth-order valence-corrected chi connectivity index (χ4v) is 2.20. The van der Waals surface area contributed by atoms with Crippen LogP contribution in [-0.2, 0) is 19.3 Å². The Hall–Kier alpha value is -1.03. The van der Waals surface area contributed by atoms with Crippen molar-refractivity contribution in [1.82, 2.24) is 4.98 Å². The number of sulfonamides is 1. The van der Waals surface area contributed by atoms with E-state index in [1.54, 1.807) is 0 Å². The molecule has 1 aliphatic heterocycles. The second-order valence-electron chi connectivity index (χ2n) is 5.66. The van der Waals surface area contributed by atoms with Crippen LogP contribution in [0.3, 0.4) is 0 Å². The third kappa shape index (κ3) is 2.58. The molecule has 0 spiro atoms. The molecule has 1 aromatic rings. The summed E-state index contributed by atoms with van der Waals surface area (Å²) in [6.45, 7) is 7.32. The van der Waals surface area contributed by atoms with Crippen LogP contribution < -0.4 is 10.6 Å². The first-order valence-electron chi connectivity index (χ1n) is 5.99. The third-order valence-corrected chi connectivity index (χ3v) is 4.46. The van der Waals surface area contributed by atoms with E-state index in [4.69, 9.17) is 14.4 Å². The summed E-state index contributed by atoms with van der Waals surface area (Å²) >= 11 is 0. The van der Waals surface area contributed by atoms with Gasteiger partial charge in [-0.25, -0.2) is 18.5 Å². The Morgan fingerprint density at radius 3 is 2.10 bits per heavy atom. The summed E-state index contributed by atoms with van der Waals surface area (Å²) in [6, 6.07) is 2.38. The number of aromatic nitrogens is 1. The molecule has 0 radical (unpaired) electrons. The first kappa shape index (κ1) is 15.4. The van der Waals surface area contributed by atoms with Crippen LogP contribution in [0.5, 0.6) is 0 Å². The van der Waals surface area contributed by atoms with Gasteiger partial charge in [0.2, 0.25) is 5.95 Å². The smallest absolute Gasteiger partial charge is 0.399 e. The first-order chi connectivity index (χ1) is 8.94. The Labute approximate surface area is 117 Å². The van der Waals surface area contributed by atoms with Gasteiger partial charge in [0.05, 0.1) is 11.2 Å². The van der Waals surface area contributed by atoms with Crippen molar-refractivity contribution in [2.45, 2.75) is 43.9 Å². The van der Waals surface area contributed by atoms with E-state index in [1.807, 2.05) is 27.7 Å². The van der Waals surface area contributed by atoms with E-state index < -0.39 is 39.3 Å². The lowest BCUT2D eigenvalue weighted by atomic mass is 9.80. The molecule has 2 N–H and O–H groups in total. The molecule has 9 heteroatoms. The maximum absolute atomic E-state index is 13.9. The van der Waals surface area contributed by atoms with Gasteiger partial charge < -0.3 is 9.31 Å². The van der Waals surface area contributed by atoms with E-state index in [-0.39, 0.29) is 5.46 Å². The Morgan fingerprint density at radius 1 is 1.20 bits per heavy atom. The average Bonchev–Trinajstić information content (AvgIpc) is 2.46. The summed E-state index contributed by atoms with van der Waals surface area (Å²) in [5.74, 6) is -0.977. The SMILES string of the molecule is CC1(C)OB(c2ccc(S(N)(=O)=O)nc2F)OC1(C)C. The third-order valence-electron chi connectivity index (χ3n) is 3.65. The van der Waals surface area contributed by atoms with Crippen LogP contribution in [0.15, 0.2) is 17.2 Å². The lowest BCUT2D eigenvalue weighted by molar-refractivity contribution is 0.00578. The van der Waals surface area contributed by atoms with E-state index >= 15 is 0 Å². The Morgan fingerprint density at radius 2 is 1.70 bits per heavy atom. The quantitative estimate of drug-likeness (QED) is 0.621. The summed E-state index contributed by atoms with van der Waals surface area (Å²) in [7, 11) is -4.99. The van der Waals surface area contributed by atoms with Gasteiger partial charge in [0.25, 0.3) is 10.0 Å². The van der Waals surface area contributed by atoms with Crippen molar-refractivity contribution < 1.29 is 22.1 Å². The molecule has 1 aliphatic rings. The number of nitrogens with zero attached hydrogens (tertiary/aromatic N) is 1. The second kappa shape index (κ2) is 4.49. The van der Waals surface area contributed by atoms with Gasteiger partial charge in [-0.3, -0.25) is 0 Å². The van der Waals surface area contributed by atoms with E-state index in [2.05, 4.69) is 4.98 Å². The van der Waals surface area contributed by atoms with Crippen LogP contribution in [0.2, 0.25) is 0 Å². The maximum atomic E-state index is 13.9. The molecule has 20 heavy (non-hydrogen) atoms. The fraction of sp³-hybridized carbons (Fsp3) is 0.545. The largest absolute Gasteiger partial charge is 0.499 e. The van der Waals surface area contributed by atoms with Gasteiger partial charge in [-0.2, -0.15) is 4.39 Å². The number of hydrogen-bond donors (Lipinski definition) is 1. The van der Waals surface area contributed by atoms with Crippen LogP contribution in [0.1, 0.15) is 27.7 Å². The molecular formula is C11H16BFN2O4S. The Balaban J connectivity index is 2.37. The lowest BCUT2D eigenvalue weighted by Gasteiger charge is -2.32. The zero-order valence-corrected chi connectivity index (χ0v) is 12.5. The molecule has 0 atom stereocenters. The molecule has 6 nitrogen and oxygen atoms in total. The zero-order chi connectivity index (χ0) is 15.3. The minimum absolute atomic E-state index is 0.0380.